The number of aromatic nitrogens is 2. The van der Waals surface area contributed by atoms with Crippen molar-refractivity contribution in [2.45, 2.75) is 6.54 Å². The van der Waals surface area contributed by atoms with Gasteiger partial charge in [-0.05, 0) is 36.4 Å². The maximum atomic E-state index is 13.0. The molecule has 0 aliphatic carbocycles. The summed E-state index contributed by atoms with van der Waals surface area (Å²) in [7, 11) is 0. The van der Waals surface area contributed by atoms with Crippen LogP contribution in [0.4, 0.5) is 10.1 Å². The Kier molecular flexibility index (Phi) is 3.45. The summed E-state index contributed by atoms with van der Waals surface area (Å²) >= 11 is 0. The molecule has 120 valence electrons. The molecule has 24 heavy (non-hydrogen) atoms. The van der Waals surface area contributed by atoms with Crippen molar-refractivity contribution in [2.75, 3.05) is 11.5 Å². The first kappa shape index (κ1) is 14.4. The maximum absolute atomic E-state index is 13.0. The van der Waals surface area contributed by atoms with E-state index in [1.54, 1.807) is 29.2 Å². The first-order chi connectivity index (χ1) is 11.7. The molecule has 1 amide bonds. The number of amides is 1. The molecule has 0 unspecified atom stereocenters. The molecular formula is C17H12FN3O3. The molecule has 1 aliphatic heterocycles. The van der Waals surface area contributed by atoms with Gasteiger partial charge < -0.3 is 9.26 Å². The largest absolute Gasteiger partial charge is 0.482 e. The van der Waals surface area contributed by atoms with Crippen molar-refractivity contribution in [2.24, 2.45) is 0 Å². The number of halogens is 1. The summed E-state index contributed by atoms with van der Waals surface area (Å²) in [5.41, 5.74) is 1.28. The molecule has 2 aromatic carbocycles. The Hall–Kier alpha value is -3.22. The van der Waals surface area contributed by atoms with E-state index in [9.17, 15) is 9.18 Å². The fourth-order valence-electron chi connectivity index (χ4n) is 2.50. The van der Waals surface area contributed by atoms with Gasteiger partial charge in [0.2, 0.25) is 0 Å². The number of fused-ring (bicyclic) bond motifs is 1. The van der Waals surface area contributed by atoms with Gasteiger partial charge in [-0.25, -0.2) is 4.39 Å². The van der Waals surface area contributed by atoms with Gasteiger partial charge in [0.1, 0.15) is 11.6 Å². The highest BCUT2D eigenvalue weighted by atomic mass is 19.1. The van der Waals surface area contributed by atoms with E-state index in [4.69, 9.17) is 9.26 Å². The molecule has 0 atom stereocenters. The molecule has 0 saturated carbocycles. The van der Waals surface area contributed by atoms with E-state index in [1.165, 1.54) is 12.1 Å². The number of para-hydroxylation sites is 2. The molecule has 0 spiro atoms. The maximum Gasteiger partial charge on any atom is 0.265 e. The number of hydrogen-bond acceptors (Lipinski definition) is 5. The minimum atomic E-state index is -0.339. The highest BCUT2D eigenvalue weighted by Gasteiger charge is 2.26. The average molecular weight is 325 g/mol. The van der Waals surface area contributed by atoms with Crippen molar-refractivity contribution in [3.8, 4) is 17.2 Å². The number of anilines is 1. The smallest absolute Gasteiger partial charge is 0.265 e. The zero-order valence-corrected chi connectivity index (χ0v) is 12.5. The van der Waals surface area contributed by atoms with Crippen LogP contribution in [-0.4, -0.2) is 22.7 Å². The number of ether oxygens (including phenoxy) is 1. The zero-order valence-electron chi connectivity index (χ0n) is 12.5. The Morgan fingerprint density at radius 2 is 1.92 bits per heavy atom. The Morgan fingerprint density at radius 3 is 2.75 bits per heavy atom. The monoisotopic (exact) mass is 325 g/mol. The Balaban J connectivity index is 1.60. The SMILES string of the molecule is O=C1COc2ccccc2N1Cc1noc(-c2ccc(F)cc2)n1. The van der Waals surface area contributed by atoms with E-state index in [0.717, 1.165) is 0 Å². The molecule has 0 bridgehead atoms. The van der Waals surface area contributed by atoms with Crippen LogP contribution in [0.2, 0.25) is 0 Å². The lowest BCUT2D eigenvalue weighted by atomic mass is 10.2. The molecule has 0 N–H and O–H groups in total. The van der Waals surface area contributed by atoms with Gasteiger partial charge in [-0.1, -0.05) is 17.3 Å². The lowest BCUT2D eigenvalue weighted by molar-refractivity contribution is -0.121. The van der Waals surface area contributed by atoms with Crippen molar-refractivity contribution < 1.29 is 18.4 Å². The third-order valence-corrected chi connectivity index (χ3v) is 3.67. The molecule has 7 heteroatoms. The lowest BCUT2D eigenvalue weighted by Gasteiger charge is -2.28. The Bertz CT molecular complexity index is 892. The van der Waals surface area contributed by atoms with E-state index < -0.39 is 0 Å². The summed E-state index contributed by atoms with van der Waals surface area (Å²) in [6.45, 7) is 0.142. The van der Waals surface area contributed by atoms with Crippen LogP contribution in [0.15, 0.2) is 53.1 Å². The zero-order chi connectivity index (χ0) is 16.5. The minimum absolute atomic E-state index is 0.0281. The summed E-state index contributed by atoms with van der Waals surface area (Å²) < 4.78 is 23.6. The molecule has 0 saturated heterocycles. The van der Waals surface area contributed by atoms with E-state index in [-0.39, 0.29) is 30.8 Å². The van der Waals surface area contributed by atoms with Gasteiger partial charge in [0.05, 0.1) is 12.2 Å². The molecule has 2 heterocycles. The van der Waals surface area contributed by atoms with Crippen LogP contribution in [0, 0.1) is 5.82 Å². The van der Waals surface area contributed by atoms with Crippen LogP contribution in [0.1, 0.15) is 5.82 Å². The summed E-state index contributed by atoms with van der Waals surface area (Å²) in [6.07, 6.45) is 0. The summed E-state index contributed by atoms with van der Waals surface area (Å²) in [6, 6.07) is 13.0. The lowest BCUT2D eigenvalue weighted by Crippen LogP contribution is -2.38. The van der Waals surface area contributed by atoms with E-state index >= 15 is 0 Å². The number of hydrogen-bond donors (Lipinski definition) is 0. The molecule has 1 aromatic heterocycles. The van der Waals surface area contributed by atoms with Gasteiger partial charge in [0.15, 0.2) is 12.4 Å². The molecule has 3 aromatic rings. The second-order valence-electron chi connectivity index (χ2n) is 5.26. The van der Waals surface area contributed by atoms with Crippen LogP contribution in [-0.2, 0) is 11.3 Å². The average Bonchev–Trinajstić information content (AvgIpc) is 3.07. The second-order valence-corrected chi connectivity index (χ2v) is 5.26. The fraction of sp³-hybridized carbons (Fsp3) is 0.118. The van der Waals surface area contributed by atoms with Crippen molar-refractivity contribution >= 4 is 11.6 Å². The van der Waals surface area contributed by atoms with Gasteiger partial charge in [-0.3, -0.25) is 9.69 Å². The molecule has 1 aliphatic rings. The van der Waals surface area contributed by atoms with E-state index in [1.807, 2.05) is 12.1 Å². The van der Waals surface area contributed by atoms with Gasteiger partial charge >= 0.3 is 0 Å². The van der Waals surface area contributed by atoms with E-state index in [2.05, 4.69) is 10.1 Å². The number of carbonyl (C=O) groups is 1. The number of benzene rings is 2. The predicted octanol–water partition coefficient (Wildman–Crippen LogP) is 2.80. The normalized spacial score (nSPS) is 13.5. The van der Waals surface area contributed by atoms with Gasteiger partial charge in [0.25, 0.3) is 11.8 Å². The third-order valence-electron chi connectivity index (χ3n) is 3.67. The Labute approximate surface area is 136 Å². The summed E-state index contributed by atoms with van der Waals surface area (Å²) in [4.78, 5) is 18.0. The summed E-state index contributed by atoms with van der Waals surface area (Å²) in [5.74, 6) is 0.758. The van der Waals surface area contributed by atoms with Crippen LogP contribution in [0.3, 0.4) is 0 Å². The first-order valence-electron chi connectivity index (χ1n) is 7.31. The Morgan fingerprint density at radius 1 is 1.12 bits per heavy atom. The number of rotatable bonds is 3. The fourth-order valence-corrected chi connectivity index (χ4v) is 2.50. The van der Waals surface area contributed by atoms with Crippen molar-refractivity contribution in [1.29, 1.82) is 0 Å². The first-order valence-corrected chi connectivity index (χ1v) is 7.31. The highest BCUT2D eigenvalue weighted by molar-refractivity contribution is 5.97. The molecule has 0 radical (unpaired) electrons. The van der Waals surface area contributed by atoms with Gasteiger partial charge in [0, 0.05) is 5.56 Å². The standard InChI is InChI=1S/C17H12FN3O3/c18-12-7-5-11(6-8-12)17-19-15(20-24-17)9-21-13-3-1-2-4-14(13)23-10-16(21)22/h1-8H,9-10H2. The van der Waals surface area contributed by atoms with Crippen LogP contribution >= 0.6 is 0 Å². The molecule has 4 rings (SSSR count). The number of carbonyl (C=O) groups excluding carboxylic acids is 1. The predicted molar refractivity (Wildman–Crippen MR) is 82.8 cm³/mol. The molecule has 6 nitrogen and oxygen atoms in total. The topological polar surface area (TPSA) is 68.5 Å². The second kappa shape index (κ2) is 5.77. The van der Waals surface area contributed by atoms with Crippen LogP contribution < -0.4 is 9.64 Å². The van der Waals surface area contributed by atoms with E-state index in [0.29, 0.717) is 22.8 Å². The van der Waals surface area contributed by atoms with Crippen LogP contribution in [0.25, 0.3) is 11.5 Å². The third kappa shape index (κ3) is 2.60. The highest BCUT2D eigenvalue weighted by Crippen LogP contribution is 2.32. The molecular weight excluding hydrogens is 313 g/mol. The number of nitrogens with zero attached hydrogens (tertiary/aromatic N) is 3. The van der Waals surface area contributed by atoms with Crippen molar-refractivity contribution in [3.05, 3.63) is 60.2 Å². The summed E-state index contributed by atoms with van der Waals surface area (Å²) in [5, 5.41) is 3.90. The van der Waals surface area contributed by atoms with Crippen molar-refractivity contribution in [3.63, 3.8) is 0 Å². The van der Waals surface area contributed by atoms with Crippen molar-refractivity contribution in [1.82, 2.24) is 10.1 Å². The quantitative estimate of drug-likeness (QED) is 0.741. The molecule has 0 fully saturated rings. The minimum Gasteiger partial charge on any atom is -0.482 e. The van der Waals surface area contributed by atoms with Crippen LogP contribution in [0.5, 0.6) is 5.75 Å². The van der Waals surface area contributed by atoms with Gasteiger partial charge in [-0.2, -0.15) is 4.98 Å². The van der Waals surface area contributed by atoms with Gasteiger partial charge in [-0.15, -0.1) is 0 Å².